The van der Waals surface area contributed by atoms with Crippen molar-refractivity contribution in [3.63, 3.8) is 0 Å². The summed E-state index contributed by atoms with van der Waals surface area (Å²) in [4.78, 5) is 7.93. The molecule has 124 valence electrons. The van der Waals surface area contributed by atoms with Crippen LogP contribution in [0.2, 0.25) is 0 Å². The molecule has 0 saturated carbocycles. The van der Waals surface area contributed by atoms with E-state index in [0.717, 1.165) is 6.20 Å². The Kier molecular flexibility index (Phi) is 3.99. The van der Waals surface area contributed by atoms with Gasteiger partial charge >= 0.3 is 0 Å². The van der Waals surface area contributed by atoms with Crippen LogP contribution in [0.3, 0.4) is 0 Å². The van der Waals surface area contributed by atoms with E-state index in [1.165, 1.54) is 29.1 Å². The first kappa shape index (κ1) is 16.0. The van der Waals surface area contributed by atoms with E-state index >= 15 is 0 Å². The topological polar surface area (TPSA) is 116 Å². The summed E-state index contributed by atoms with van der Waals surface area (Å²) >= 11 is 0. The van der Waals surface area contributed by atoms with Crippen LogP contribution in [-0.2, 0) is 17.1 Å². The van der Waals surface area contributed by atoms with Gasteiger partial charge < -0.3 is 5.32 Å². The molecule has 0 aliphatic carbocycles. The summed E-state index contributed by atoms with van der Waals surface area (Å²) in [5, 5.41) is 11.9. The van der Waals surface area contributed by atoms with Gasteiger partial charge in [0.2, 0.25) is 16.0 Å². The number of nitrogens with two attached hydrogens (primary N) is 1. The van der Waals surface area contributed by atoms with Crippen LogP contribution in [0.5, 0.6) is 0 Å². The molecule has 2 heterocycles. The van der Waals surface area contributed by atoms with E-state index < -0.39 is 15.8 Å². The zero-order valence-corrected chi connectivity index (χ0v) is 13.3. The number of nitrogens with zero attached hydrogens (tertiary/aromatic N) is 4. The van der Waals surface area contributed by atoms with Crippen molar-refractivity contribution in [2.75, 3.05) is 5.32 Å². The van der Waals surface area contributed by atoms with E-state index in [-0.39, 0.29) is 16.5 Å². The van der Waals surface area contributed by atoms with Gasteiger partial charge in [-0.2, -0.15) is 5.10 Å². The Balaban J connectivity index is 1.96. The lowest BCUT2D eigenvalue weighted by Crippen LogP contribution is -2.12. The maximum atomic E-state index is 14.0. The number of aryl methyl sites for hydroxylation is 1. The van der Waals surface area contributed by atoms with Crippen LogP contribution in [0.25, 0.3) is 11.4 Å². The Morgan fingerprint density at radius 3 is 2.75 bits per heavy atom. The highest BCUT2D eigenvalue weighted by Crippen LogP contribution is 2.22. The molecular formula is C14H13FN6O2S. The van der Waals surface area contributed by atoms with Crippen molar-refractivity contribution in [3.8, 4) is 11.4 Å². The number of halogens is 1. The monoisotopic (exact) mass is 348 g/mol. The minimum Gasteiger partial charge on any atom is -0.324 e. The van der Waals surface area contributed by atoms with Crippen molar-refractivity contribution in [2.24, 2.45) is 12.2 Å². The molecule has 3 rings (SSSR count). The molecule has 0 spiro atoms. The lowest BCUT2D eigenvalue weighted by atomic mass is 10.3. The van der Waals surface area contributed by atoms with Crippen LogP contribution in [0.1, 0.15) is 0 Å². The first-order valence-electron chi connectivity index (χ1n) is 6.75. The van der Waals surface area contributed by atoms with E-state index in [0.29, 0.717) is 11.4 Å². The number of anilines is 2. The second-order valence-corrected chi connectivity index (χ2v) is 6.49. The fourth-order valence-electron chi connectivity index (χ4n) is 2.09. The fourth-order valence-corrected chi connectivity index (χ4v) is 2.65. The number of hydrogen-bond acceptors (Lipinski definition) is 6. The lowest BCUT2D eigenvalue weighted by Gasteiger charge is -2.08. The van der Waals surface area contributed by atoms with Crippen molar-refractivity contribution in [2.45, 2.75) is 4.90 Å². The molecule has 0 aliphatic rings. The molecule has 0 fully saturated rings. The van der Waals surface area contributed by atoms with Crippen molar-refractivity contribution >= 4 is 21.7 Å². The molecule has 3 N–H and O–H groups in total. The van der Waals surface area contributed by atoms with Gasteiger partial charge in [-0.15, -0.1) is 0 Å². The van der Waals surface area contributed by atoms with Crippen molar-refractivity contribution < 1.29 is 12.8 Å². The highest BCUT2D eigenvalue weighted by molar-refractivity contribution is 7.89. The molecule has 10 heteroatoms. The molecule has 0 amide bonds. The average molecular weight is 348 g/mol. The summed E-state index contributed by atoms with van der Waals surface area (Å²) in [5.41, 5.74) is 0.968. The summed E-state index contributed by atoms with van der Waals surface area (Å²) in [7, 11) is -2.16. The molecular weight excluding hydrogens is 335 g/mol. The second kappa shape index (κ2) is 5.98. The molecule has 0 aliphatic heterocycles. The third-order valence-corrected chi connectivity index (χ3v) is 4.14. The maximum absolute atomic E-state index is 14.0. The van der Waals surface area contributed by atoms with E-state index in [9.17, 15) is 12.8 Å². The standard InChI is InChI=1S/C14H13FN6O2S/c1-21-12(5-6-18-21)13-11(15)8-17-14(20-13)19-9-3-2-4-10(7-9)24(16,22)23/h2-8H,1H3,(H2,16,22,23)(H,17,19,20). The molecule has 2 aromatic heterocycles. The van der Waals surface area contributed by atoms with Gasteiger partial charge in [0, 0.05) is 18.9 Å². The second-order valence-electron chi connectivity index (χ2n) is 4.93. The van der Waals surface area contributed by atoms with Gasteiger partial charge in [0.15, 0.2) is 5.82 Å². The number of rotatable bonds is 4. The predicted octanol–water partition coefficient (Wildman–Crippen LogP) is 1.41. The van der Waals surface area contributed by atoms with Crippen LogP contribution in [0, 0.1) is 5.82 Å². The molecule has 0 atom stereocenters. The highest BCUT2D eigenvalue weighted by atomic mass is 32.2. The number of aromatic nitrogens is 4. The highest BCUT2D eigenvalue weighted by Gasteiger charge is 2.13. The van der Waals surface area contributed by atoms with E-state index in [4.69, 9.17) is 5.14 Å². The number of sulfonamides is 1. The molecule has 0 unspecified atom stereocenters. The minimum atomic E-state index is -3.83. The molecule has 0 saturated heterocycles. The van der Waals surface area contributed by atoms with E-state index in [1.807, 2.05) is 0 Å². The maximum Gasteiger partial charge on any atom is 0.238 e. The summed E-state index contributed by atoms with van der Waals surface area (Å²) in [5.74, 6) is -0.485. The van der Waals surface area contributed by atoms with Crippen molar-refractivity contribution in [3.05, 3.63) is 48.5 Å². The predicted molar refractivity (Wildman–Crippen MR) is 85.3 cm³/mol. The first-order chi connectivity index (χ1) is 11.3. The summed E-state index contributed by atoms with van der Waals surface area (Å²) in [6.45, 7) is 0. The molecule has 24 heavy (non-hydrogen) atoms. The minimum absolute atomic E-state index is 0.0542. The average Bonchev–Trinajstić information content (AvgIpc) is 2.95. The Morgan fingerprint density at radius 1 is 1.29 bits per heavy atom. The van der Waals surface area contributed by atoms with Gasteiger partial charge in [0.1, 0.15) is 5.69 Å². The number of nitrogens with one attached hydrogen (secondary N) is 1. The third-order valence-electron chi connectivity index (χ3n) is 3.23. The van der Waals surface area contributed by atoms with E-state index in [2.05, 4.69) is 20.4 Å². The van der Waals surface area contributed by atoms with Crippen molar-refractivity contribution in [1.29, 1.82) is 0 Å². The van der Waals surface area contributed by atoms with Gasteiger partial charge in [-0.05, 0) is 24.3 Å². The smallest absolute Gasteiger partial charge is 0.238 e. The molecule has 3 aromatic rings. The van der Waals surface area contributed by atoms with Crippen LogP contribution in [-0.4, -0.2) is 28.2 Å². The van der Waals surface area contributed by atoms with Gasteiger partial charge in [-0.3, -0.25) is 4.68 Å². The molecule has 0 radical (unpaired) electrons. The molecule has 1 aromatic carbocycles. The van der Waals surface area contributed by atoms with Crippen LogP contribution in [0.15, 0.2) is 47.6 Å². The third kappa shape index (κ3) is 3.24. The largest absolute Gasteiger partial charge is 0.324 e. The first-order valence-corrected chi connectivity index (χ1v) is 8.30. The zero-order valence-electron chi connectivity index (χ0n) is 12.5. The summed E-state index contributed by atoms with van der Waals surface area (Å²) in [6.07, 6.45) is 2.56. The van der Waals surface area contributed by atoms with Crippen LogP contribution < -0.4 is 10.5 Å². The normalized spacial score (nSPS) is 11.5. The van der Waals surface area contributed by atoms with Gasteiger partial charge in [0.05, 0.1) is 16.8 Å². The Bertz CT molecular complexity index is 1000. The fraction of sp³-hybridized carbons (Fsp3) is 0.0714. The lowest BCUT2D eigenvalue weighted by molar-refractivity contribution is 0.598. The Labute approximate surface area is 137 Å². The van der Waals surface area contributed by atoms with Crippen LogP contribution in [0.4, 0.5) is 16.0 Å². The molecule has 8 nitrogen and oxygen atoms in total. The number of hydrogen-bond donors (Lipinski definition) is 2. The number of primary sulfonamides is 1. The van der Waals surface area contributed by atoms with E-state index in [1.54, 1.807) is 19.2 Å². The number of benzene rings is 1. The van der Waals surface area contributed by atoms with Gasteiger partial charge in [0.25, 0.3) is 0 Å². The van der Waals surface area contributed by atoms with Gasteiger partial charge in [-0.25, -0.2) is 27.9 Å². The quantitative estimate of drug-likeness (QED) is 0.736. The SMILES string of the molecule is Cn1nccc1-c1nc(Nc2cccc(S(N)(=O)=O)c2)ncc1F. The summed E-state index contributed by atoms with van der Waals surface area (Å²) < 4.78 is 38.2. The van der Waals surface area contributed by atoms with Gasteiger partial charge in [-0.1, -0.05) is 6.07 Å². The summed E-state index contributed by atoms with van der Waals surface area (Å²) in [6, 6.07) is 7.47. The Morgan fingerprint density at radius 2 is 2.08 bits per heavy atom. The van der Waals surface area contributed by atoms with Crippen molar-refractivity contribution in [1.82, 2.24) is 19.7 Å². The zero-order chi connectivity index (χ0) is 17.3. The Hall–Kier alpha value is -2.85. The molecule has 0 bridgehead atoms. The van der Waals surface area contributed by atoms with Crippen LogP contribution >= 0.6 is 0 Å².